The Balaban J connectivity index is 1.35. The molecular formula is C31H42N13O7+. The highest BCUT2D eigenvalue weighted by atomic mass is 16.5. The van der Waals surface area contributed by atoms with Crippen molar-refractivity contribution in [3.63, 3.8) is 0 Å². The van der Waals surface area contributed by atoms with Crippen molar-refractivity contribution in [2.75, 3.05) is 39.3 Å². The molecular weight excluding hydrogens is 666 g/mol. The lowest BCUT2D eigenvalue weighted by atomic mass is 10.0. The van der Waals surface area contributed by atoms with Gasteiger partial charge in [0, 0.05) is 39.8 Å². The lowest BCUT2D eigenvalue weighted by molar-refractivity contribution is -0.132. The first-order valence-corrected chi connectivity index (χ1v) is 16.3. The summed E-state index contributed by atoms with van der Waals surface area (Å²) in [7, 11) is 5.13. The molecule has 272 valence electrons. The molecule has 6 N–H and O–H groups in total. The zero-order valence-electron chi connectivity index (χ0n) is 28.6. The van der Waals surface area contributed by atoms with Crippen LogP contribution in [0.15, 0.2) is 52.3 Å². The van der Waals surface area contributed by atoms with E-state index >= 15 is 0 Å². The molecule has 20 nitrogen and oxygen atoms in total. The van der Waals surface area contributed by atoms with Crippen LogP contribution in [0.25, 0.3) is 11.2 Å². The molecule has 6 atom stereocenters. The van der Waals surface area contributed by atoms with Gasteiger partial charge in [-0.15, -0.1) is 0 Å². The zero-order chi connectivity index (χ0) is 36.7. The minimum absolute atomic E-state index is 0.00421. The van der Waals surface area contributed by atoms with E-state index in [2.05, 4.69) is 51.2 Å². The molecule has 1 aromatic carbocycles. The molecule has 2 aromatic heterocycles. The van der Waals surface area contributed by atoms with Gasteiger partial charge in [-0.3, -0.25) is 19.0 Å². The van der Waals surface area contributed by atoms with Crippen LogP contribution >= 0.6 is 0 Å². The topological polar surface area (TPSA) is 268 Å². The van der Waals surface area contributed by atoms with Crippen LogP contribution in [0.3, 0.4) is 0 Å². The number of ether oxygens (including phenoxy) is 2. The highest BCUT2D eigenvalue weighted by molar-refractivity contribution is 5.92. The van der Waals surface area contributed by atoms with Gasteiger partial charge in [-0.25, -0.2) is 15.0 Å². The number of benzene rings is 1. The number of anilines is 1. The van der Waals surface area contributed by atoms with Gasteiger partial charge in [0.25, 0.3) is 0 Å². The lowest BCUT2D eigenvalue weighted by Gasteiger charge is -2.26. The molecule has 2 aliphatic rings. The Labute approximate surface area is 292 Å². The lowest BCUT2D eigenvalue weighted by Crippen LogP contribution is -2.58. The highest BCUT2D eigenvalue weighted by Crippen LogP contribution is 2.33. The Hall–Kier alpha value is -5.43. The van der Waals surface area contributed by atoms with Crippen molar-refractivity contribution in [3.8, 4) is 5.75 Å². The molecule has 0 saturated carbocycles. The van der Waals surface area contributed by atoms with E-state index < -0.39 is 66.6 Å². The van der Waals surface area contributed by atoms with Crippen LogP contribution in [0.1, 0.15) is 38.0 Å². The van der Waals surface area contributed by atoms with E-state index in [9.17, 15) is 24.6 Å². The summed E-state index contributed by atoms with van der Waals surface area (Å²) in [5.41, 5.74) is 7.87. The van der Waals surface area contributed by atoms with E-state index in [-0.39, 0.29) is 25.8 Å². The molecule has 0 spiro atoms. The highest BCUT2D eigenvalue weighted by Gasteiger charge is 2.46. The average molecular weight is 709 g/mol. The van der Waals surface area contributed by atoms with Crippen molar-refractivity contribution in [1.82, 2.24) is 40.4 Å². The number of carbonyl (C=O) groups excluding carboxylic acids is 3. The summed E-state index contributed by atoms with van der Waals surface area (Å²) in [5, 5.41) is 41.3. The van der Waals surface area contributed by atoms with Gasteiger partial charge in [0.1, 0.15) is 53.6 Å². The molecule has 51 heavy (non-hydrogen) atoms. The van der Waals surface area contributed by atoms with E-state index in [0.717, 1.165) is 0 Å². The Bertz CT molecular complexity index is 1790. The first-order valence-electron chi connectivity index (χ1n) is 16.3. The number of amides is 3. The number of aliphatic hydroxyl groups excluding tert-OH is 2. The first kappa shape index (κ1) is 36.8. The quantitative estimate of drug-likeness (QED) is 0.0786. The maximum absolute atomic E-state index is 14.0. The summed E-state index contributed by atoms with van der Waals surface area (Å²) in [6.07, 6.45) is -0.248. The van der Waals surface area contributed by atoms with Crippen molar-refractivity contribution in [2.24, 2.45) is 15.3 Å². The Kier molecular flexibility index (Phi) is 11.6. The summed E-state index contributed by atoms with van der Waals surface area (Å²) < 4.78 is 12.8. The van der Waals surface area contributed by atoms with Gasteiger partial charge in [0.05, 0.1) is 26.1 Å². The number of methoxy groups -OCH3 is 1. The number of nitrogens with one attached hydrogen (secondary N) is 4. The number of aliphatic hydroxyl groups is 2. The first-order chi connectivity index (χ1) is 24.5. The number of imidazole rings is 1. The third-order valence-corrected chi connectivity index (χ3v) is 8.64. The van der Waals surface area contributed by atoms with E-state index in [4.69, 9.17) is 15.0 Å². The minimum Gasteiger partial charge on any atom is -0.497 e. The van der Waals surface area contributed by atoms with E-state index in [0.29, 0.717) is 34.7 Å². The van der Waals surface area contributed by atoms with Crippen molar-refractivity contribution < 1.29 is 34.1 Å². The largest absolute Gasteiger partial charge is 0.497 e. The average Bonchev–Trinajstić information content (AvgIpc) is 3.58. The third kappa shape index (κ3) is 8.84. The number of carbonyl (C=O) groups is 3. The standard InChI is InChI=1S/C31H41N13O7/c1-31(40-41-31)11-9-22(46)37-19(10-12-36-42-32)28(48)38-20(13-17-5-7-18(50-4)8-6-17)29(49)39-23-21(14-45)51-30(25(23)47)44-16-35-24-26(43(2)3)33-15-34-27(24)44/h5-8,15-16,19-21,23,25,30,32,45,47H,9-14H2,1-4H3,(H2-,37,38,39,46,48,49)/p+1. The smallest absolute Gasteiger partial charge is 0.243 e. The molecule has 0 bridgehead atoms. The molecule has 3 amide bonds. The summed E-state index contributed by atoms with van der Waals surface area (Å²) in [6, 6.07) is 3.46. The maximum atomic E-state index is 14.0. The molecule has 1 fully saturated rings. The molecule has 0 radical (unpaired) electrons. The number of fused-ring (bicyclic) bond motifs is 1. The fraction of sp³-hybridized carbons (Fsp3) is 0.548. The minimum atomic E-state index is -1.37. The number of hydrogen-bond acceptors (Lipinski definition) is 15. The molecule has 1 saturated heterocycles. The van der Waals surface area contributed by atoms with E-state index in [1.54, 1.807) is 50.2 Å². The van der Waals surface area contributed by atoms with Crippen LogP contribution in [0.5, 0.6) is 5.75 Å². The van der Waals surface area contributed by atoms with Crippen molar-refractivity contribution in [1.29, 1.82) is 5.53 Å². The summed E-state index contributed by atoms with van der Waals surface area (Å²) >= 11 is 0. The molecule has 5 rings (SSSR count). The van der Waals surface area contributed by atoms with Gasteiger partial charge in [0.15, 0.2) is 28.9 Å². The normalized spacial score (nSPS) is 21.3. The van der Waals surface area contributed by atoms with E-state index in [1.807, 2.05) is 0 Å². The van der Waals surface area contributed by atoms with Crippen LogP contribution in [0.2, 0.25) is 0 Å². The van der Waals surface area contributed by atoms with Crippen LogP contribution in [0.4, 0.5) is 5.82 Å². The fourth-order valence-electron chi connectivity index (χ4n) is 5.71. The van der Waals surface area contributed by atoms with Gasteiger partial charge >= 0.3 is 0 Å². The molecule has 2 aliphatic heterocycles. The Morgan fingerprint density at radius 2 is 1.88 bits per heavy atom. The number of aromatic nitrogens is 4. The second-order valence-electron chi connectivity index (χ2n) is 12.6. The third-order valence-electron chi connectivity index (χ3n) is 8.64. The van der Waals surface area contributed by atoms with Crippen LogP contribution in [-0.2, 0) is 25.5 Å². The van der Waals surface area contributed by atoms with Crippen molar-refractivity contribution >= 4 is 34.7 Å². The van der Waals surface area contributed by atoms with Crippen molar-refractivity contribution in [2.45, 2.75) is 74.8 Å². The van der Waals surface area contributed by atoms with Gasteiger partial charge < -0.3 is 40.5 Å². The van der Waals surface area contributed by atoms with Gasteiger partial charge in [-0.1, -0.05) is 12.1 Å². The summed E-state index contributed by atoms with van der Waals surface area (Å²) in [6.45, 7) is 1.20. The van der Waals surface area contributed by atoms with Crippen LogP contribution < -0.4 is 30.5 Å². The Morgan fingerprint density at radius 1 is 1.14 bits per heavy atom. The molecule has 0 aliphatic carbocycles. The number of nitrogens with zero attached hydrogens (tertiary/aromatic N) is 9. The monoisotopic (exact) mass is 708 g/mol. The Morgan fingerprint density at radius 3 is 2.53 bits per heavy atom. The van der Waals surface area contributed by atoms with Gasteiger partial charge in [-0.2, -0.15) is 10.2 Å². The molecule has 3 aromatic rings. The maximum Gasteiger partial charge on any atom is 0.243 e. The second kappa shape index (κ2) is 16.1. The summed E-state index contributed by atoms with van der Waals surface area (Å²) in [5.74, 6) is -0.642. The molecule has 4 heterocycles. The van der Waals surface area contributed by atoms with Crippen molar-refractivity contribution in [3.05, 3.63) is 42.5 Å². The van der Waals surface area contributed by atoms with Crippen LogP contribution in [-0.4, -0.2) is 118 Å². The second-order valence-corrected chi connectivity index (χ2v) is 12.6. The van der Waals surface area contributed by atoms with Gasteiger partial charge in [0.2, 0.25) is 22.6 Å². The van der Waals surface area contributed by atoms with E-state index in [1.165, 1.54) is 24.3 Å². The predicted molar refractivity (Wildman–Crippen MR) is 178 cm³/mol. The molecule has 20 heteroatoms. The number of rotatable bonds is 17. The fourth-order valence-corrected chi connectivity index (χ4v) is 5.71. The van der Waals surface area contributed by atoms with Gasteiger partial charge in [-0.05, 0) is 24.6 Å². The SMILES string of the molecule is COc1ccc(CC(NC(=O)C(CCN=[N+]=N)NC(=O)CCC2(C)N=N2)C(=O)NC2C(CO)OC(n3cnc4c(N(C)C)ncnc43)C2O)cc1. The predicted octanol–water partition coefficient (Wildman–Crippen LogP) is -0.249. The number of hydrogen-bond donors (Lipinski definition) is 6. The summed E-state index contributed by atoms with van der Waals surface area (Å²) in [4.78, 5) is 58.2. The zero-order valence-corrected chi connectivity index (χ0v) is 28.6. The van der Waals surface area contributed by atoms with Crippen LogP contribution in [0, 0.1) is 5.53 Å². The molecule has 6 unspecified atom stereocenters.